The number of piperazine rings is 1. The van der Waals surface area contributed by atoms with Gasteiger partial charge in [-0.2, -0.15) is 0 Å². The topological polar surface area (TPSA) is 48.8 Å². The summed E-state index contributed by atoms with van der Waals surface area (Å²) in [4.78, 5) is 9.21. The number of pyridine rings is 1. The molecule has 146 valence electrons. The number of aromatic nitrogens is 1. The van der Waals surface area contributed by atoms with Gasteiger partial charge < -0.3 is 9.84 Å². The lowest BCUT2D eigenvalue weighted by Gasteiger charge is -2.41. The summed E-state index contributed by atoms with van der Waals surface area (Å²) in [6.07, 6.45) is 4.56. The van der Waals surface area contributed by atoms with Crippen molar-refractivity contribution >= 4 is 0 Å². The van der Waals surface area contributed by atoms with Crippen LogP contribution in [-0.4, -0.2) is 59.3 Å². The van der Waals surface area contributed by atoms with E-state index in [0.717, 1.165) is 44.9 Å². The Balaban J connectivity index is 1.68. The molecule has 1 saturated heterocycles. The summed E-state index contributed by atoms with van der Waals surface area (Å²) in [5, 5.41) is 9.57. The van der Waals surface area contributed by atoms with Crippen LogP contribution >= 0.6 is 0 Å². The Kier molecular flexibility index (Phi) is 6.83. The van der Waals surface area contributed by atoms with E-state index in [1.807, 2.05) is 18.5 Å². The average molecular weight is 370 g/mol. The molecule has 1 aromatic heterocycles. The molecule has 1 aromatic carbocycles. The molecule has 0 spiro atoms. The summed E-state index contributed by atoms with van der Waals surface area (Å²) >= 11 is 0. The van der Waals surface area contributed by atoms with Gasteiger partial charge in [-0.25, -0.2) is 0 Å². The highest BCUT2D eigenvalue weighted by Gasteiger charge is 2.27. The first-order valence-electron chi connectivity index (χ1n) is 9.71. The van der Waals surface area contributed by atoms with Crippen LogP contribution in [0.25, 0.3) is 0 Å². The number of nitrogens with zero attached hydrogens (tertiary/aromatic N) is 3. The molecule has 2 aromatic rings. The molecule has 27 heavy (non-hydrogen) atoms. The zero-order valence-corrected chi connectivity index (χ0v) is 16.7. The largest absolute Gasteiger partial charge is 0.496 e. The molecule has 0 saturated carbocycles. The lowest BCUT2D eigenvalue weighted by Crippen LogP contribution is -2.52. The van der Waals surface area contributed by atoms with Crippen molar-refractivity contribution in [2.45, 2.75) is 39.4 Å². The predicted octanol–water partition coefficient (Wildman–Crippen LogP) is 2.78. The van der Waals surface area contributed by atoms with E-state index in [0.29, 0.717) is 6.04 Å². The first kappa shape index (κ1) is 19.8. The van der Waals surface area contributed by atoms with E-state index in [1.54, 1.807) is 7.11 Å². The zero-order chi connectivity index (χ0) is 19.2. The third-order valence-corrected chi connectivity index (χ3v) is 5.72. The highest BCUT2D eigenvalue weighted by atomic mass is 16.5. The first-order chi connectivity index (χ1) is 13.1. The molecule has 1 atom stereocenters. The van der Waals surface area contributed by atoms with Crippen LogP contribution in [0.2, 0.25) is 0 Å². The van der Waals surface area contributed by atoms with Gasteiger partial charge in [0.1, 0.15) is 5.75 Å². The lowest BCUT2D eigenvalue weighted by atomic mass is 10.00. The summed E-state index contributed by atoms with van der Waals surface area (Å²) in [5.41, 5.74) is 5.10. The van der Waals surface area contributed by atoms with Gasteiger partial charge in [0.05, 0.1) is 7.11 Å². The minimum atomic E-state index is 0.225. The fraction of sp³-hybridized carbons (Fsp3) is 0.500. The van der Waals surface area contributed by atoms with Gasteiger partial charge in [0, 0.05) is 57.8 Å². The highest BCUT2D eigenvalue weighted by Crippen LogP contribution is 2.26. The number of aliphatic hydroxyl groups excluding tert-OH is 1. The van der Waals surface area contributed by atoms with Crippen molar-refractivity contribution in [3.05, 3.63) is 58.9 Å². The molecule has 5 nitrogen and oxygen atoms in total. The number of benzene rings is 1. The van der Waals surface area contributed by atoms with Gasteiger partial charge in [0.25, 0.3) is 0 Å². The quantitative estimate of drug-likeness (QED) is 0.813. The SMILES string of the molecule is COc1ccc(CN2CCN(Cc3cccnc3)C[C@@H]2CCO)c(C)c1C. The molecule has 3 rings (SSSR count). The molecular weight excluding hydrogens is 338 g/mol. The Bertz CT molecular complexity index is 736. The Morgan fingerprint density at radius 3 is 2.70 bits per heavy atom. The molecule has 1 fully saturated rings. The van der Waals surface area contributed by atoms with Gasteiger partial charge in [-0.1, -0.05) is 12.1 Å². The molecule has 0 radical (unpaired) electrons. The molecule has 2 heterocycles. The summed E-state index contributed by atoms with van der Waals surface area (Å²) in [5.74, 6) is 0.949. The van der Waals surface area contributed by atoms with E-state index in [2.05, 4.69) is 46.8 Å². The van der Waals surface area contributed by atoms with Gasteiger partial charge in [0.15, 0.2) is 0 Å². The van der Waals surface area contributed by atoms with Crippen molar-refractivity contribution in [2.24, 2.45) is 0 Å². The zero-order valence-electron chi connectivity index (χ0n) is 16.7. The number of aliphatic hydroxyl groups is 1. The van der Waals surface area contributed by atoms with E-state index >= 15 is 0 Å². The van der Waals surface area contributed by atoms with Crippen LogP contribution in [0.5, 0.6) is 5.75 Å². The molecule has 1 aliphatic rings. The van der Waals surface area contributed by atoms with E-state index in [9.17, 15) is 5.11 Å². The fourth-order valence-corrected chi connectivity index (χ4v) is 3.94. The maximum Gasteiger partial charge on any atom is 0.122 e. The molecule has 1 N–H and O–H groups in total. The predicted molar refractivity (Wildman–Crippen MR) is 108 cm³/mol. The van der Waals surface area contributed by atoms with Crippen molar-refractivity contribution in [3.63, 3.8) is 0 Å². The number of methoxy groups -OCH3 is 1. The Hall–Kier alpha value is -1.95. The first-order valence-corrected chi connectivity index (χ1v) is 9.71. The number of rotatable bonds is 7. The second-order valence-electron chi connectivity index (χ2n) is 7.41. The molecule has 0 aliphatic carbocycles. The van der Waals surface area contributed by atoms with Crippen LogP contribution in [0, 0.1) is 13.8 Å². The standard InChI is InChI=1S/C22H31N3O2/c1-17-18(2)22(27-3)7-6-20(17)15-25-11-10-24(16-21(25)8-12-26)14-19-5-4-9-23-13-19/h4-7,9,13,21,26H,8,10-12,14-16H2,1-3H3/t21-/m0/s1. The van der Waals surface area contributed by atoms with E-state index < -0.39 is 0 Å². The van der Waals surface area contributed by atoms with Gasteiger partial charge >= 0.3 is 0 Å². The van der Waals surface area contributed by atoms with Crippen molar-refractivity contribution < 1.29 is 9.84 Å². The summed E-state index contributed by atoms with van der Waals surface area (Å²) in [7, 11) is 1.72. The van der Waals surface area contributed by atoms with E-state index in [4.69, 9.17) is 4.74 Å². The molecule has 0 bridgehead atoms. The lowest BCUT2D eigenvalue weighted by molar-refractivity contribution is 0.0498. The molecule has 0 unspecified atom stereocenters. The molecule has 1 aliphatic heterocycles. The summed E-state index contributed by atoms with van der Waals surface area (Å²) in [6.45, 7) is 9.38. The van der Waals surface area contributed by atoms with Crippen LogP contribution in [0.4, 0.5) is 0 Å². The number of hydrogen-bond donors (Lipinski definition) is 1. The van der Waals surface area contributed by atoms with E-state index in [-0.39, 0.29) is 6.61 Å². The molecule has 5 heteroatoms. The summed E-state index contributed by atoms with van der Waals surface area (Å²) in [6, 6.07) is 8.73. The van der Waals surface area contributed by atoms with Gasteiger partial charge in [-0.3, -0.25) is 14.8 Å². The van der Waals surface area contributed by atoms with E-state index in [1.165, 1.54) is 22.3 Å². The Labute approximate surface area is 162 Å². The third-order valence-electron chi connectivity index (χ3n) is 5.72. The maximum atomic E-state index is 9.57. The highest BCUT2D eigenvalue weighted by molar-refractivity contribution is 5.43. The van der Waals surface area contributed by atoms with Crippen LogP contribution in [0.15, 0.2) is 36.7 Å². The number of hydrogen-bond acceptors (Lipinski definition) is 5. The van der Waals surface area contributed by atoms with Crippen LogP contribution in [0.1, 0.15) is 28.7 Å². The second kappa shape index (κ2) is 9.31. The van der Waals surface area contributed by atoms with Gasteiger partial charge in [0.2, 0.25) is 0 Å². The van der Waals surface area contributed by atoms with Gasteiger partial charge in [-0.05, 0) is 54.7 Å². The normalized spacial score (nSPS) is 18.6. The average Bonchev–Trinajstić information content (AvgIpc) is 2.68. The molecular formula is C22H31N3O2. The summed E-state index contributed by atoms with van der Waals surface area (Å²) < 4.78 is 5.44. The minimum Gasteiger partial charge on any atom is -0.496 e. The Morgan fingerprint density at radius 2 is 2.00 bits per heavy atom. The van der Waals surface area contributed by atoms with Gasteiger partial charge in [-0.15, -0.1) is 0 Å². The third kappa shape index (κ3) is 4.86. The van der Waals surface area contributed by atoms with Crippen molar-refractivity contribution in [1.82, 2.24) is 14.8 Å². The number of ether oxygens (including phenoxy) is 1. The maximum absolute atomic E-state index is 9.57. The van der Waals surface area contributed by atoms with Crippen LogP contribution < -0.4 is 4.74 Å². The molecule has 0 amide bonds. The van der Waals surface area contributed by atoms with Crippen molar-refractivity contribution in [1.29, 1.82) is 0 Å². The van der Waals surface area contributed by atoms with Crippen molar-refractivity contribution in [2.75, 3.05) is 33.4 Å². The minimum absolute atomic E-state index is 0.225. The van der Waals surface area contributed by atoms with Crippen LogP contribution in [0.3, 0.4) is 0 Å². The van der Waals surface area contributed by atoms with Crippen LogP contribution in [-0.2, 0) is 13.1 Å². The van der Waals surface area contributed by atoms with Crippen molar-refractivity contribution in [3.8, 4) is 5.75 Å². The monoisotopic (exact) mass is 369 g/mol. The Morgan fingerprint density at radius 1 is 1.15 bits per heavy atom. The smallest absolute Gasteiger partial charge is 0.122 e. The second-order valence-corrected chi connectivity index (χ2v) is 7.41. The fourth-order valence-electron chi connectivity index (χ4n) is 3.94.